The van der Waals surface area contributed by atoms with Crippen molar-refractivity contribution >= 4 is 11.5 Å². The summed E-state index contributed by atoms with van der Waals surface area (Å²) in [4.78, 5) is 6.11. The van der Waals surface area contributed by atoms with Crippen molar-refractivity contribution in [3.8, 4) is 6.07 Å². The molecule has 0 atom stereocenters. The van der Waals surface area contributed by atoms with Crippen LogP contribution < -0.4 is 16.2 Å². The van der Waals surface area contributed by atoms with E-state index in [-0.39, 0.29) is 0 Å². The molecule has 3 N–H and O–H groups in total. The molecule has 0 unspecified atom stereocenters. The highest BCUT2D eigenvalue weighted by atomic mass is 16.5. The minimum Gasteiger partial charge on any atom is -0.383 e. The topological polar surface area (TPSA) is 87.2 Å². The van der Waals surface area contributed by atoms with Gasteiger partial charge in [-0.25, -0.2) is 10.8 Å². The molecular weight excluding hydrogens is 218 g/mol. The number of pyridine rings is 1. The Balaban J connectivity index is 2.75. The van der Waals surface area contributed by atoms with E-state index >= 15 is 0 Å². The molecule has 0 aromatic carbocycles. The van der Waals surface area contributed by atoms with Gasteiger partial charge in [0.25, 0.3) is 0 Å². The lowest BCUT2D eigenvalue weighted by Crippen LogP contribution is -2.28. The van der Waals surface area contributed by atoms with Crippen molar-refractivity contribution in [2.45, 2.75) is 6.42 Å². The Morgan fingerprint density at radius 1 is 1.59 bits per heavy atom. The number of nitriles is 1. The maximum absolute atomic E-state index is 8.64. The highest BCUT2D eigenvalue weighted by Gasteiger charge is 2.06. The number of nitrogens with zero attached hydrogens (tertiary/aromatic N) is 3. The number of nitrogens with two attached hydrogens (primary N) is 1. The zero-order chi connectivity index (χ0) is 12.5. The summed E-state index contributed by atoms with van der Waals surface area (Å²) in [6, 6.07) is 5.86. The van der Waals surface area contributed by atoms with E-state index in [4.69, 9.17) is 15.8 Å². The Morgan fingerprint density at radius 3 is 3.06 bits per heavy atom. The van der Waals surface area contributed by atoms with Crippen molar-refractivity contribution in [3.05, 3.63) is 18.3 Å². The van der Waals surface area contributed by atoms with E-state index in [2.05, 4.69) is 21.4 Å². The first kappa shape index (κ1) is 13.2. The first-order valence-corrected chi connectivity index (χ1v) is 5.35. The number of anilines is 2. The van der Waals surface area contributed by atoms with Crippen LogP contribution in [-0.4, -0.2) is 31.8 Å². The first-order chi connectivity index (χ1) is 8.31. The Labute approximate surface area is 101 Å². The molecule has 0 aliphatic rings. The standard InChI is InChI=1S/C11H17N5O/c1-17-8-7-16(6-2-4-12)10-3-5-14-11(9-10)15-13/h3,5,9H,2,6-8,13H2,1H3,(H,14,15). The number of ether oxygens (including phenoxy) is 1. The second-order valence-electron chi connectivity index (χ2n) is 3.43. The predicted molar refractivity (Wildman–Crippen MR) is 66.4 cm³/mol. The van der Waals surface area contributed by atoms with Gasteiger partial charge in [-0.15, -0.1) is 0 Å². The van der Waals surface area contributed by atoms with Gasteiger partial charge in [0.2, 0.25) is 0 Å². The number of nitrogens with one attached hydrogen (secondary N) is 1. The number of hydrogen-bond donors (Lipinski definition) is 2. The van der Waals surface area contributed by atoms with Crippen molar-refractivity contribution < 1.29 is 4.74 Å². The van der Waals surface area contributed by atoms with E-state index in [1.54, 1.807) is 13.3 Å². The molecule has 0 aliphatic carbocycles. The molecule has 1 aromatic rings. The van der Waals surface area contributed by atoms with Gasteiger partial charge in [-0.2, -0.15) is 5.26 Å². The zero-order valence-electron chi connectivity index (χ0n) is 9.89. The van der Waals surface area contributed by atoms with Crippen LogP contribution in [0.25, 0.3) is 0 Å². The van der Waals surface area contributed by atoms with E-state index in [1.807, 2.05) is 12.1 Å². The van der Waals surface area contributed by atoms with Crippen LogP contribution in [0.2, 0.25) is 0 Å². The van der Waals surface area contributed by atoms with Gasteiger partial charge in [-0.05, 0) is 6.07 Å². The summed E-state index contributed by atoms with van der Waals surface area (Å²) in [7, 11) is 1.65. The Kier molecular flexibility index (Phi) is 5.79. The summed E-state index contributed by atoms with van der Waals surface area (Å²) < 4.78 is 5.05. The number of hydrazine groups is 1. The molecule has 0 amide bonds. The number of aromatic nitrogens is 1. The molecule has 0 fully saturated rings. The van der Waals surface area contributed by atoms with Crippen molar-refractivity contribution in [2.24, 2.45) is 5.84 Å². The van der Waals surface area contributed by atoms with Crippen LogP contribution in [0.4, 0.5) is 11.5 Å². The van der Waals surface area contributed by atoms with Gasteiger partial charge in [0.15, 0.2) is 0 Å². The zero-order valence-corrected chi connectivity index (χ0v) is 9.89. The molecule has 1 rings (SSSR count). The van der Waals surface area contributed by atoms with Crippen LogP contribution in [0.5, 0.6) is 0 Å². The van der Waals surface area contributed by atoms with E-state index in [0.717, 1.165) is 12.2 Å². The van der Waals surface area contributed by atoms with Gasteiger partial charge >= 0.3 is 0 Å². The predicted octanol–water partition coefficient (Wildman–Crippen LogP) is 0.734. The first-order valence-electron chi connectivity index (χ1n) is 5.35. The van der Waals surface area contributed by atoms with E-state index < -0.39 is 0 Å². The van der Waals surface area contributed by atoms with Crippen molar-refractivity contribution in [3.63, 3.8) is 0 Å². The minimum atomic E-state index is 0.470. The van der Waals surface area contributed by atoms with Gasteiger partial charge in [0.1, 0.15) is 5.82 Å². The summed E-state index contributed by atoms with van der Waals surface area (Å²) in [5.74, 6) is 5.91. The smallest absolute Gasteiger partial charge is 0.141 e. The highest BCUT2D eigenvalue weighted by molar-refractivity contribution is 5.53. The van der Waals surface area contributed by atoms with E-state index in [9.17, 15) is 0 Å². The average Bonchev–Trinajstić information content (AvgIpc) is 2.39. The summed E-state index contributed by atoms with van der Waals surface area (Å²) in [5.41, 5.74) is 3.47. The van der Waals surface area contributed by atoms with Crippen molar-refractivity contribution in [2.75, 3.05) is 37.1 Å². The lowest BCUT2D eigenvalue weighted by molar-refractivity contribution is 0.205. The third-order valence-corrected chi connectivity index (χ3v) is 2.32. The number of methoxy groups -OCH3 is 1. The molecule has 0 saturated carbocycles. The maximum atomic E-state index is 8.64. The van der Waals surface area contributed by atoms with Gasteiger partial charge in [-0.1, -0.05) is 0 Å². The van der Waals surface area contributed by atoms with Crippen LogP contribution in [0.1, 0.15) is 6.42 Å². The lowest BCUT2D eigenvalue weighted by atomic mass is 10.3. The normalized spacial score (nSPS) is 9.71. The largest absolute Gasteiger partial charge is 0.383 e. The second-order valence-corrected chi connectivity index (χ2v) is 3.43. The second kappa shape index (κ2) is 7.44. The summed E-state index contributed by atoms with van der Waals surface area (Å²) >= 11 is 0. The maximum Gasteiger partial charge on any atom is 0.141 e. The Hall–Kier alpha value is -1.84. The monoisotopic (exact) mass is 235 g/mol. The molecule has 17 heavy (non-hydrogen) atoms. The fourth-order valence-electron chi connectivity index (χ4n) is 1.45. The Bertz CT molecular complexity index is 376. The van der Waals surface area contributed by atoms with Gasteiger partial charge < -0.3 is 15.1 Å². The lowest BCUT2D eigenvalue weighted by Gasteiger charge is -2.23. The van der Waals surface area contributed by atoms with Crippen molar-refractivity contribution in [1.29, 1.82) is 5.26 Å². The molecule has 92 valence electrons. The molecule has 0 saturated heterocycles. The Morgan fingerprint density at radius 2 is 2.41 bits per heavy atom. The molecule has 0 aliphatic heterocycles. The average molecular weight is 235 g/mol. The van der Waals surface area contributed by atoms with Gasteiger partial charge in [0, 0.05) is 38.1 Å². The van der Waals surface area contributed by atoms with E-state index in [0.29, 0.717) is 25.4 Å². The number of nitrogen functional groups attached to an aromatic ring is 1. The van der Waals surface area contributed by atoms with Crippen LogP contribution in [0.15, 0.2) is 18.3 Å². The summed E-state index contributed by atoms with van der Waals surface area (Å²) in [5, 5.41) is 8.64. The highest BCUT2D eigenvalue weighted by Crippen LogP contribution is 2.16. The minimum absolute atomic E-state index is 0.470. The van der Waals surface area contributed by atoms with Gasteiger partial charge in [-0.3, -0.25) is 0 Å². The quantitative estimate of drug-likeness (QED) is 0.535. The van der Waals surface area contributed by atoms with E-state index in [1.165, 1.54) is 0 Å². The van der Waals surface area contributed by atoms with Crippen LogP contribution in [-0.2, 0) is 4.74 Å². The third-order valence-electron chi connectivity index (χ3n) is 2.32. The number of rotatable bonds is 7. The molecule has 1 heterocycles. The molecule has 0 spiro atoms. The summed E-state index contributed by atoms with van der Waals surface area (Å²) in [6.45, 7) is 2.00. The van der Waals surface area contributed by atoms with Crippen LogP contribution >= 0.6 is 0 Å². The fourth-order valence-corrected chi connectivity index (χ4v) is 1.45. The van der Waals surface area contributed by atoms with Crippen LogP contribution in [0, 0.1) is 11.3 Å². The molecule has 0 radical (unpaired) electrons. The number of hydrogen-bond acceptors (Lipinski definition) is 6. The molecule has 6 heteroatoms. The SMILES string of the molecule is COCCN(CCC#N)c1ccnc(NN)c1. The molecule has 6 nitrogen and oxygen atoms in total. The van der Waals surface area contributed by atoms with Crippen molar-refractivity contribution in [1.82, 2.24) is 4.98 Å². The molecule has 1 aromatic heterocycles. The van der Waals surface area contributed by atoms with Crippen LogP contribution in [0.3, 0.4) is 0 Å². The molecular formula is C11H17N5O. The fraction of sp³-hybridized carbons (Fsp3) is 0.455. The summed E-state index contributed by atoms with van der Waals surface area (Å²) in [6.07, 6.45) is 2.15. The molecule has 0 bridgehead atoms. The third kappa shape index (κ3) is 4.26. The van der Waals surface area contributed by atoms with Gasteiger partial charge in [0.05, 0.1) is 19.1 Å².